The minimum atomic E-state index is -4.80. The van der Waals surface area contributed by atoms with Crippen LogP contribution in [0, 0.1) is 5.82 Å². The van der Waals surface area contributed by atoms with E-state index in [1.165, 1.54) is 0 Å². The minimum Gasteiger partial charge on any atom is -0.313 e. The summed E-state index contributed by atoms with van der Waals surface area (Å²) in [6.45, 7) is 0.352. The molecule has 0 bridgehead atoms. The van der Waals surface area contributed by atoms with Crippen LogP contribution in [0.5, 0.6) is 0 Å². The molecule has 1 aromatic carbocycles. The van der Waals surface area contributed by atoms with E-state index in [1.807, 2.05) is 0 Å². The molecular weight excluding hydrogens is 241 g/mol. The van der Waals surface area contributed by atoms with E-state index in [0.717, 1.165) is 6.07 Å². The average molecular weight is 251 g/mol. The maximum atomic E-state index is 14.2. The summed E-state index contributed by atoms with van der Waals surface area (Å²) in [4.78, 5) is 0. The Hall–Kier alpha value is -1.17. The third kappa shape index (κ3) is 2.26. The summed E-state index contributed by atoms with van der Waals surface area (Å²) in [5.74, 6) is -1.38. The first-order valence-electron chi connectivity index (χ1n) is 5.10. The van der Waals surface area contributed by atoms with E-state index in [-0.39, 0.29) is 18.5 Å². The Kier molecular flexibility index (Phi) is 2.85. The third-order valence-electron chi connectivity index (χ3n) is 2.89. The molecule has 0 saturated carbocycles. The number of alkyl halides is 4. The molecule has 2 rings (SSSR count). The number of benzene rings is 1. The average Bonchev–Trinajstić information content (AvgIpc) is 2.65. The molecule has 6 heteroatoms. The second kappa shape index (κ2) is 3.94. The maximum absolute atomic E-state index is 14.2. The van der Waals surface area contributed by atoms with Crippen molar-refractivity contribution in [1.82, 2.24) is 5.32 Å². The van der Waals surface area contributed by atoms with E-state index in [4.69, 9.17) is 0 Å². The Morgan fingerprint density at radius 2 is 1.94 bits per heavy atom. The molecule has 1 N–H and O–H groups in total. The molecule has 1 aliphatic heterocycles. The van der Waals surface area contributed by atoms with E-state index in [1.54, 1.807) is 0 Å². The van der Waals surface area contributed by atoms with Crippen LogP contribution < -0.4 is 5.32 Å². The van der Waals surface area contributed by atoms with Gasteiger partial charge in [-0.05, 0) is 30.7 Å². The predicted molar refractivity (Wildman–Crippen MR) is 51.7 cm³/mol. The van der Waals surface area contributed by atoms with Gasteiger partial charge in [0.1, 0.15) is 11.5 Å². The maximum Gasteiger partial charge on any atom is 0.419 e. The van der Waals surface area contributed by atoms with Gasteiger partial charge in [-0.2, -0.15) is 13.2 Å². The Labute approximate surface area is 94.6 Å². The minimum absolute atomic E-state index is 0.0457. The Morgan fingerprint density at radius 1 is 1.24 bits per heavy atom. The smallest absolute Gasteiger partial charge is 0.313 e. The number of hydrogen-bond donors (Lipinski definition) is 1. The molecule has 0 aliphatic carbocycles. The predicted octanol–water partition coefficient (Wildman–Crippen LogP) is 3.00. The van der Waals surface area contributed by atoms with Crippen molar-refractivity contribution in [3.63, 3.8) is 0 Å². The molecule has 1 nitrogen and oxygen atoms in total. The highest BCUT2D eigenvalue weighted by atomic mass is 19.4. The fraction of sp³-hybridized carbons (Fsp3) is 0.455. The van der Waals surface area contributed by atoms with Crippen molar-refractivity contribution in [3.8, 4) is 0 Å². The van der Waals surface area contributed by atoms with Gasteiger partial charge < -0.3 is 5.32 Å². The fourth-order valence-electron chi connectivity index (χ4n) is 1.93. The van der Waals surface area contributed by atoms with E-state index >= 15 is 0 Å². The molecule has 1 saturated heterocycles. The fourth-order valence-corrected chi connectivity index (χ4v) is 1.93. The molecule has 0 amide bonds. The van der Waals surface area contributed by atoms with Crippen LogP contribution in [0.3, 0.4) is 0 Å². The lowest BCUT2D eigenvalue weighted by Gasteiger charge is -2.20. The molecule has 1 fully saturated rings. The highest BCUT2D eigenvalue weighted by Gasteiger charge is 2.39. The van der Waals surface area contributed by atoms with Gasteiger partial charge in [-0.25, -0.2) is 8.78 Å². The summed E-state index contributed by atoms with van der Waals surface area (Å²) >= 11 is 0. The largest absolute Gasteiger partial charge is 0.419 e. The van der Waals surface area contributed by atoms with Gasteiger partial charge in [0.25, 0.3) is 0 Å². The van der Waals surface area contributed by atoms with E-state index in [0.29, 0.717) is 18.7 Å². The quantitative estimate of drug-likeness (QED) is 0.756. The second-order valence-corrected chi connectivity index (χ2v) is 4.08. The Bertz CT molecular complexity index is 420. The monoisotopic (exact) mass is 251 g/mol. The lowest BCUT2D eigenvalue weighted by molar-refractivity contribution is -0.140. The van der Waals surface area contributed by atoms with Gasteiger partial charge in [0, 0.05) is 6.54 Å². The van der Waals surface area contributed by atoms with Crippen LogP contribution in [-0.2, 0) is 11.8 Å². The first kappa shape index (κ1) is 12.3. The summed E-state index contributed by atoms with van der Waals surface area (Å²) in [6, 6.07) is 2.29. The molecule has 17 heavy (non-hydrogen) atoms. The number of rotatable bonds is 1. The number of nitrogens with one attached hydrogen (secondary N) is 1. The van der Waals surface area contributed by atoms with E-state index in [9.17, 15) is 22.0 Å². The van der Waals surface area contributed by atoms with Gasteiger partial charge in [0.2, 0.25) is 0 Å². The molecule has 1 aromatic rings. The normalized spacial score (nSPS) is 25.2. The van der Waals surface area contributed by atoms with Crippen molar-refractivity contribution < 1.29 is 22.0 Å². The Morgan fingerprint density at radius 3 is 2.47 bits per heavy atom. The van der Waals surface area contributed by atoms with Gasteiger partial charge in [-0.1, -0.05) is 6.07 Å². The summed E-state index contributed by atoms with van der Waals surface area (Å²) in [6.07, 6.45) is -4.71. The van der Waals surface area contributed by atoms with Crippen LogP contribution in [0.25, 0.3) is 0 Å². The van der Waals surface area contributed by atoms with Crippen molar-refractivity contribution in [2.75, 3.05) is 13.1 Å². The topological polar surface area (TPSA) is 12.0 Å². The van der Waals surface area contributed by atoms with Crippen molar-refractivity contribution in [2.45, 2.75) is 18.3 Å². The molecule has 1 atom stereocenters. The molecule has 94 valence electrons. The summed E-state index contributed by atoms with van der Waals surface area (Å²) in [5, 5.41) is 2.73. The molecule has 1 aliphatic rings. The van der Waals surface area contributed by atoms with Gasteiger partial charge in [-0.15, -0.1) is 0 Å². The zero-order valence-corrected chi connectivity index (χ0v) is 8.74. The van der Waals surface area contributed by atoms with Crippen molar-refractivity contribution in [2.24, 2.45) is 0 Å². The molecular formula is C11H10F5N. The highest BCUT2D eigenvalue weighted by Crippen LogP contribution is 2.37. The van der Waals surface area contributed by atoms with Gasteiger partial charge >= 0.3 is 6.18 Å². The van der Waals surface area contributed by atoms with E-state index < -0.39 is 23.2 Å². The third-order valence-corrected chi connectivity index (χ3v) is 2.89. The summed E-state index contributed by atoms with van der Waals surface area (Å²) in [5.41, 5.74) is -3.39. The van der Waals surface area contributed by atoms with Crippen LogP contribution in [0.15, 0.2) is 18.2 Å². The zero-order chi connectivity index (χ0) is 12.7. The van der Waals surface area contributed by atoms with Gasteiger partial charge in [0.05, 0.1) is 5.56 Å². The van der Waals surface area contributed by atoms with Crippen molar-refractivity contribution in [1.29, 1.82) is 0 Å². The molecule has 0 spiro atoms. The molecule has 0 aromatic heterocycles. The standard InChI is InChI=1S/C11H10F5N/c12-9-2-1-7(5-8(9)11(14,15)16)10(13)3-4-17-6-10/h1-2,5,17H,3-4,6H2. The van der Waals surface area contributed by atoms with Crippen LogP contribution >= 0.6 is 0 Å². The van der Waals surface area contributed by atoms with E-state index in [2.05, 4.69) is 5.32 Å². The first-order chi connectivity index (χ1) is 7.83. The summed E-state index contributed by atoms with van der Waals surface area (Å²) < 4.78 is 64.6. The number of hydrogen-bond acceptors (Lipinski definition) is 1. The highest BCUT2D eigenvalue weighted by molar-refractivity contribution is 5.32. The van der Waals surface area contributed by atoms with Crippen molar-refractivity contribution >= 4 is 0 Å². The lowest BCUT2D eigenvalue weighted by atomic mass is 9.93. The molecule has 1 unspecified atom stereocenters. The summed E-state index contributed by atoms with van der Waals surface area (Å²) in [7, 11) is 0. The SMILES string of the molecule is Fc1ccc(C2(F)CCNC2)cc1C(F)(F)F. The van der Waals surface area contributed by atoms with Crippen LogP contribution in [0.1, 0.15) is 17.5 Å². The molecule has 1 heterocycles. The lowest BCUT2D eigenvalue weighted by Crippen LogP contribution is -2.24. The van der Waals surface area contributed by atoms with Gasteiger partial charge in [-0.3, -0.25) is 0 Å². The van der Waals surface area contributed by atoms with Crippen molar-refractivity contribution in [3.05, 3.63) is 35.1 Å². The zero-order valence-electron chi connectivity index (χ0n) is 8.74. The number of halogens is 5. The van der Waals surface area contributed by atoms with Gasteiger partial charge in [0.15, 0.2) is 0 Å². The Balaban J connectivity index is 2.44. The van der Waals surface area contributed by atoms with Crippen LogP contribution in [0.4, 0.5) is 22.0 Å². The van der Waals surface area contributed by atoms with Crippen LogP contribution in [0.2, 0.25) is 0 Å². The first-order valence-corrected chi connectivity index (χ1v) is 5.10. The molecule has 0 radical (unpaired) electrons. The second-order valence-electron chi connectivity index (χ2n) is 4.08. The van der Waals surface area contributed by atoms with Crippen LogP contribution in [-0.4, -0.2) is 13.1 Å².